The van der Waals surface area contributed by atoms with E-state index in [-0.39, 0.29) is 20.3 Å². The maximum absolute atomic E-state index is 10.1. The van der Waals surface area contributed by atoms with Gasteiger partial charge in [0.2, 0.25) is 0 Å². The van der Waals surface area contributed by atoms with Gasteiger partial charge in [-0.25, -0.2) is 0 Å². The van der Waals surface area contributed by atoms with Gasteiger partial charge in [-0.1, -0.05) is 6.42 Å². The summed E-state index contributed by atoms with van der Waals surface area (Å²) in [5.74, 6) is -0.933. The predicted octanol–water partition coefficient (Wildman–Crippen LogP) is -3.36. The van der Waals surface area contributed by atoms with Crippen molar-refractivity contribution in [3.05, 3.63) is 0 Å². The summed E-state index contributed by atoms with van der Waals surface area (Å²) in [5.41, 5.74) is 10.4. The third-order valence-electron chi connectivity index (χ3n) is 1.29. The van der Waals surface area contributed by atoms with Crippen LogP contribution < -0.4 is 30.3 Å². The largest absolute Gasteiger partial charge is 1.00 e. The molecule has 0 aromatic heterocycles. The maximum atomic E-state index is 10.1. The van der Waals surface area contributed by atoms with Crippen molar-refractivity contribution in [2.24, 2.45) is 11.5 Å². The van der Waals surface area contributed by atoms with Crippen LogP contribution in [0.3, 0.4) is 0 Å². The minimum atomic E-state index is -0.933. The summed E-state index contributed by atoms with van der Waals surface area (Å²) < 4.78 is 0. The number of carboxylic acids is 1. The van der Waals surface area contributed by atoms with Crippen molar-refractivity contribution < 1.29 is 30.2 Å². The number of rotatable bonds is 5. The van der Waals surface area contributed by atoms with Crippen LogP contribution in [0.5, 0.6) is 0 Å². The van der Waals surface area contributed by atoms with Crippen LogP contribution in [-0.4, -0.2) is 23.7 Å². The first-order chi connectivity index (χ1) is 4.68. The van der Waals surface area contributed by atoms with Crippen molar-refractivity contribution in [2.75, 3.05) is 6.54 Å². The Morgan fingerprint density at radius 1 is 1.55 bits per heavy atom. The fourth-order valence-corrected chi connectivity index (χ4v) is 0.632. The van der Waals surface area contributed by atoms with E-state index < -0.39 is 12.0 Å². The minimum absolute atomic E-state index is 0. The molecule has 0 aromatic carbocycles. The van der Waals surface area contributed by atoms with E-state index in [0.29, 0.717) is 13.0 Å². The smallest absolute Gasteiger partial charge is 1.00 e. The second-order valence-electron chi connectivity index (χ2n) is 2.23. The number of carboxylic acid groups (broad SMARTS) is 1. The molecule has 0 saturated heterocycles. The number of hydrogen-bond donors (Lipinski definition) is 3. The molecule has 5 heteroatoms. The van der Waals surface area contributed by atoms with Crippen LogP contribution in [0.25, 0.3) is 0 Å². The fraction of sp³-hybridized carbons (Fsp3) is 0.833. The third kappa shape index (κ3) is 7.89. The first-order valence-electron chi connectivity index (χ1n) is 3.37. The van der Waals surface area contributed by atoms with Crippen molar-refractivity contribution in [2.45, 2.75) is 25.3 Å². The molecule has 0 spiro atoms. The molecule has 4 nitrogen and oxygen atoms in total. The Kier molecular flexibility index (Phi) is 9.98. The summed E-state index contributed by atoms with van der Waals surface area (Å²) in [6.07, 6.45) is 2.16. The molecule has 11 heavy (non-hydrogen) atoms. The van der Waals surface area contributed by atoms with Crippen LogP contribution in [0.4, 0.5) is 0 Å². The van der Waals surface area contributed by atoms with E-state index in [0.717, 1.165) is 12.8 Å². The van der Waals surface area contributed by atoms with E-state index >= 15 is 0 Å². The van der Waals surface area contributed by atoms with Gasteiger partial charge in [-0.05, 0) is 19.4 Å². The van der Waals surface area contributed by atoms with Crippen molar-refractivity contribution in [1.82, 2.24) is 0 Å². The van der Waals surface area contributed by atoms with Gasteiger partial charge in [-0.2, -0.15) is 0 Å². The number of unbranched alkanes of at least 4 members (excludes halogenated alkanes) is 1. The third-order valence-corrected chi connectivity index (χ3v) is 1.29. The summed E-state index contributed by atoms with van der Waals surface area (Å²) in [4.78, 5) is 10.1. The summed E-state index contributed by atoms with van der Waals surface area (Å²) in [5, 5.41) is 8.33. The van der Waals surface area contributed by atoms with Crippen LogP contribution in [0.1, 0.15) is 20.7 Å². The Labute approximate surface area is 80.0 Å². The Bertz CT molecular complexity index is 116. The molecule has 62 valence electrons. The van der Waals surface area contributed by atoms with Gasteiger partial charge in [0.25, 0.3) is 0 Å². The number of carbonyl (C=O) groups is 1. The molecule has 0 rings (SSSR count). The van der Waals surface area contributed by atoms with Gasteiger partial charge in [0.1, 0.15) is 6.04 Å². The van der Waals surface area contributed by atoms with Gasteiger partial charge in [0, 0.05) is 0 Å². The van der Waals surface area contributed by atoms with Gasteiger partial charge in [-0.15, -0.1) is 0 Å². The summed E-state index contributed by atoms with van der Waals surface area (Å²) >= 11 is 0. The zero-order chi connectivity index (χ0) is 7.98. The quantitative estimate of drug-likeness (QED) is 0.285. The van der Waals surface area contributed by atoms with Crippen LogP contribution in [0.15, 0.2) is 0 Å². The standard InChI is InChI=1S/C6H14N2O2.Li.H/c7-4-2-1-3-5(8)6(9)10;;/h5H,1-4,7-8H2,(H,9,10);;/q;+1;-1/t5-;;/m0../s1. The second-order valence-corrected chi connectivity index (χ2v) is 2.23. The molecular weight excluding hydrogens is 139 g/mol. The van der Waals surface area contributed by atoms with E-state index in [2.05, 4.69) is 0 Å². The van der Waals surface area contributed by atoms with Gasteiger partial charge in [0.15, 0.2) is 0 Å². The topological polar surface area (TPSA) is 89.3 Å². The van der Waals surface area contributed by atoms with Crippen molar-refractivity contribution in [3.63, 3.8) is 0 Å². The Hall–Kier alpha value is -0.0126. The average Bonchev–Trinajstić information content (AvgIpc) is 1.88. The van der Waals surface area contributed by atoms with E-state index in [4.69, 9.17) is 16.6 Å². The molecule has 0 bridgehead atoms. The molecule has 0 aliphatic heterocycles. The van der Waals surface area contributed by atoms with Crippen LogP contribution in [0, 0.1) is 0 Å². The molecular formula is C6H15LiN2O2. The molecule has 0 aromatic rings. The maximum Gasteiger partial charge on any atom is 1.00 e. The first kappa shape index (κ1) is 13.6. The van der Waals surface area contributed by atoms with E-state index in [1.807, 2.05) is 0 Å². The van der Waals surface area contributed by atoms with Crippen molar-refractivity contribution in [1.29, 1.82) is 0 Å². The molecule has 5 N–H and O–H groups in total. The molecule has 0 amide bonds. The van der Waals surface area contributed by atoms with Crippen molar-refractivity contribution in [3.8, 4) is 0 Å². The molecule has 0 radical (unpaired) electrons. The average molecular weight is 154 g/mol. The van der Waals surface area contributed by atoms with Crippen LogP contribution in [0.2, 0.25) is 0 Å². The Morgan fingerprint density at radius 3 is 2.45 bits per heavy atom. The van der Waals surface area contributed by atoms with E-state index in [1.54, 1.807) is 0 Å². The number of hydrogen-bond acceptors (Lipinski definition) is 3. The molecule has 0 heterocycles. The molecule has 0 fully saturated rings. The minimum Gasteiger partial charge on any atom is -1.00 e. The zero-order valence-electron chi connectivity index (χ0n) is 7.92. The van der Waals surface area contributed by atoms with Gasteiger partial charge >= 0.3 is 24.8 Å². The predicted molar refractivity (Wildman–Crippen MR) is 39.6 cm³/mol. The molecule has 0 aliphatic rings. The van der Waals surface area contributed by atoms with Gasteiger partial charge in [0.05, 0.1) is 0 Å². The van der Waals surface area contributed by atoms with Gasteiger partial charge in [-0.3, -0.25) is 4.79 Å². The summed E-state index contributed by atoms with van der Waals surface area (Å²) in [6.45, 7) is 0.604. The summed E-state index contributed by atoms with van der Waals surface area (Å²) in [6, 6.07) is -0.716. The second kappa shape index (κ2) is 8.09. The van der Waals surface area contributed by atoms with Crippen LogP contribution in [-0.2, 0) is 4.79 Å². The normalized spacial score (nSPS) is 11.8. The monoisotopic (exact) mass is 154 g/mol. The Morgan fingerprint density at radius 2 is 2.09 bits per heavy atom. The van der Waals surface area contributed by atoms with Gasteiger partial charge < -0.3 is 18.0 Å². The molecule has 1 atom stereocenters. The Balaban J connectivity index is -0.000000405. The molecule has 0 aliphatic carbocycles. The summed E-state index contributed by atoms with van der Waals surface area (Å²) in [7, 11) is 0. The molecule has 0 unspecified atom stereocenters. The molecule has 0 saturated carbocycles. The number of aliphatic carboxylic acids is 1. The number of nitrogens with two attached hydrogens (primary N) is 2. The van der Waals surface area contributed by atoms with Crippen LogP contribution >= 0.6 is 0 Å². The zero-order valence-corrected chi connectivity index (χ0v) is 6.92. The fourth-order valence-electron chi connectivity index (χ4n) is 0.632. The van der Waals surface area contributed by atoms with E-state index in [1.165, 1.54) is 0 Å². The van der Waals surface area contributed by atoms with Crippen molar-refractivity contribution >= 4 is 5.97 Å². The SMILES string of the molecule is NCCCC[C@H](N)C(=O)O.[H-].[Li+]. The first-order valence-corrected chi connectivity index (χ1v) is 3.37. The van der Waals surface area contributed by atoms with E-state index in [9.17, 15) is 4.79 Å².